The molecule has 34 heavy (non-hydrogen) atoms. The molecule has 0 aromatic heterocycles. The number of amides is 1. The van der Waals surface area contributed by atoms with Gasteiger partial charge in [0.1, 0.15) is 19.0 Å². The number of rotatable bonds is 5. The van der Waals surface area contributed by atoms with E-state index in [9.17, 15) is 14.7 Å². The summed E-state index contributed by atoms with van der Waals surface area (Å²) in [6, 6.07) is 21.8. The maximum atomic E-state index is 13.2. The van der Waals surface area contributed by atoms with E-state index < -0.39 is 17.7 Å². The van der Waals surface area contributed by atoms with Crippen molar-refractivity contribution in [2.24, 2.45) is 0 Å². The van der Waals surface area contributed by atoms with Gasteiger partial charge in [-0.25, -0.2) is 0 Å². The lowest BCUT2D eigenvalue weighted by Crippen LogP contribution is -2.31. The van der Waals surface area contributed by atoms with Crippen molar-refractivity contribution in [3.8, 4) is 11.5 Å². The number of ether oxygens (including phenoxy) is 2. The van der Waals surface area contributed by atoms with Gasteiger partial charge in [0.05, 0.1) is 11.6 Å². The standard InChI is InChI=1S/C27H22INO5/c28-20-9-6-18(7-10-20)24-23(25(30)19-8-11-21-22(16-19)34-15-14-33-21)26(31)27(32)29(24)13-12-17-4-2-1-3-5-17/h1-11,16,24,30H,12-15H2/b25-23+. The lowest BCUT2D eigenvalue weighted by Gasteiger charge is -2.25. The zero-order chi connectivity index (χ0) is 23.7. The second kappa shape index (κ2) is 9.50. The van der Waals surface area contributed by atoms with Gasteiger partial charge in [0.25, 0.3) is 11.7 Å². The molecule has 1 fully saturated rings. The smallest absolute Gasteiger partial charge is 0.295 e. The molecule has 0 bridgehead atoms. The summed E-state index contributed by atoms with van der Waals surface area (Å²) in [5.41, 5.74) is 2.32. The maximum Gasteiger partial charge on any atom is 0.295 e. The molecule has 6 nitrogen and oxygen atoms in total. The Morgan fingerprint density at radius 2 is 1.65 bits per heavy atom. The summed E-state index contributed by atoms with van der Waals surface area (Å²) < 4.78 is 12.2. The molecule has 1 unspecified atom stereocenters. The third kappa shape index (κ3) is 4.27. The van der Waals surface area contributed by atoms with Crippen molar-refractivity contribution in [1.29, 1.82) is 0 Å². The number of likely N-dealkylation sites (tertiary alicyclic amines) is 1. The second-order valence-corrected chi connectivity index (χ2v) is 9.38. The minimum absolute atomic E-state index is 0.0796. The number of hydrogen-bond acceptors (Lipinski definition) is 5. The highest BCUT2D eigenvalue weighted by molar-refractivity contribution is 14.1. The van der Waals surface area contributed by atoms with E-state index in [0.29, 0.717) is 43.2 Å². The fourth-order valence-corrected chi connectivity index (χ4v) is 4.70. The summed E-state index contributed by atoms with van der Waals surface area (Å²) in [5, 5.41) is 11.3. The zero-order valence-corrected chi connectivity index (χ0v) is 20.4. The molecule has 0 radical (unpaired) electrons. The van der Waals surface area contributed by atoms with E-state index in [4.69, 9.17) is 9.47 Å². The molecule has 1 N–H and O–H groups in total. The first-order valence-electron chi connectivity index (χ1n) is 11.0. The summed E-state index contributed by atoms with van der Waals surface area (Å²) >= 11 is 2.21. The zero-order valence-electron chi connectivity index (χ0n) is 18.2. The number of carbonyl (C=O) groups is 2. The second-order valence-electron chi connectivity index (χ2n) is 8.14. The van der Waals surface area contributed by atoms with Crippen LogP contribution < -0.4 is 9.47 Å². The predicted octanol–water partition coefficient (Wildman–Crippen LogP) is 4.73. The Morgan fingerprint density at radius 3 is 2.38 bits per heavy atom. The van der Waals surface area contributed by atoms with Crippen LogP contribution in [0.5, 0.6) is 11.5 Å². The van der Waals surface area contributed by atoms with Gasteiger partial charge in [0, 0.05) is 15.7 Å². The summed E-state index contributed by atoms with van der Waals surface area (Å²) in [7, 11) is 0. The molecule has 2 aliphatic heterocycles. The normalized spacial score (nSPS) is 18.9. The number of hydrogen-bond donors (Lipinski definition) is 1. The third-order valence-electron chi connectivity index (χ3n) is 6.03. The Balaban J connectivity index is 1.57. The maximum absolute atomic E-state index is 13.2. The van der Waals surface area contributed by atoms with Gasteiger partial charge >= 0.3 is 0 Å². The van der Waals surface area contributed by atoms with E-state index in [0.717, 1.165) is 14.7 Å². The molecule has 3 aromatic carbocycles. The van der Waals surface area contributed by atoms with Crippen LogP contribution in [-0.4, -0.2) is 41.5 Å². The molecule has 0 aliphatic carbocycles. The first-order valence-corrected chi connectivity index (χ1v) is 12.1. The van der Waals surface area contributed by atoms with Gasteiger partial charge in [-0.1, -0.05) is 42.5 Å². The van der Waals surface area contributed by atoms with E-state index in [1.54, 1.807) is 23.1 Å². The number of ketones is 1. The average Bonchev–Trinajstić information content (AvgIpc) is 3.12. The van der Waals surface area contributed by atoms with Crippen molar-refractivity contribution in [1.82, 2.24) is 4.90 Å². The van der Waals surface area contributed by atoms with Gasteiger partial charge in [0.2, 0.25) is 0 Å². The fourth-order valence-electron chi connectivity index (χ4n) is 4.34. The van der Waals surface area contributed by atoms with Crippen LogP contribution in [0.1, 0.15) is 22.7 Å². The monoisotopic (exact) mass is 567 g/mol. The van der Waals surface area contributed by atoms with Gasteiger partial charge < -0.3 is 19.5 Å². The van der Waals surface area contributed by atoms with Gasteiger partial charge in [-0.3, -0.25) is 9.59 Å². The quantitative estimate of drug-likeness (QED) is 0.209. The van der Waals surface area contributed by atoms with Crippen molar-refractivity contribution in [2.45, 2.75) is 12.5 Å². The first-order chi connectivity index (χ1) is 16.5. The number of aliphatic hydroxyl groups excluding tert-OH is 1. The molecule has 1 amide bonds. The van der Waals surface area contributed by atoms with Crippen LogP contribution in [0.2, 0.25) is 0 Å². The van der Waals surface area contributed by atoms with E-state index in [2.05, 4.69) is 22.6 Å². The molecule has 2 heterocycles. The molecule has 1 atom stereocenters. The Labute approximate surface area is 210 Å². The van der Waals surface area contributed by atoms with E-state index in [-0.39, 0.29) is 11.3 Å². The van der Waals surface area contributed by atoms with Crippen LogP contribution in [0.3, 0.4) is 0 Å². The van der Waals surface area contributed by atoms with Crippen LogP contribution in [0, 0.1) is 3.57 Å². The first kappa shape index (κ1) is 22.5. The number of benzene rings is 3. The van der Waals surface area contributed by atoms with Gasteiger partial charge in [-0.05, 0) is 70.5 Å². The highest BCUT2D eigenvalue weighted by Crippen LogP contribution is 2.41. The molecule has 0 saturated carbocycles. The molecular weight excluding hydrogens is 545 g/mol. The number of nitrogens with zero attached hydrogens (tertiary/aromatic N) is 1. The van der Waals surface area contributed by atoms with Crippen LogP contribution in [-0.2, 0) is 16.0 Å². The molecule has 0 spiro atoms. The van der Waals surface area contributed by atoms with Crippen molar-refractivity contribution >= 4 is 40.0 Å². The fraction of sp³-hybridized carbons (Fsp3) is 0.185. The van der Waals surface area contributed by atoms with Crippen molar-refractivity contribution in [3.63, 3.8) is 0 Å². The predicted molar refractivity (Wildman–Crippen MR) is 136 cm³/mol. The highest BCUT2D eigenvalue weighted by atomic mass is 127. The summed E-state index contributed by atoms with van der Waals surface area (Å²) in [6.07, 6.45) is 0.596. The van der Waals surface area contributed by atoms with Crippen LogP contribution in [0.25, 0.3) is 5.76 Å². The average molecular weight is 567 g/mol. The highest BCUT2D eigenvalue weighted by Gasteiger charge is 2.45. The topological polar surface area (TPSA) is 76.1 Å². The molecule has 172 valence electrons. The summed E-state index contributed by atoms with van der Waals surface area (Å²) in [6.45, 7) is 1.21. The Morgan fingerprint density at radius 1 is 0.941 bits per heavy atom. The van der Waals surface area contributed by atoms with Crippen molar-refractivity contribution in [2.75, 3.05) is 19.8 Å². The Kier molecular flexibility index (Phi) is 6.28. The number of Topliss-reactive ketones (excluding diaryl/α,β-unsaturated/α-hetero) is 1. The SMILES string of the molecule is O=C1C(=O)N(CCc2ccccc2)C(c2ccc(I)cc2)/C1=C(\O)c1ccc2c(c1)OCCO2. The van der Waals surface area contributed by atoms with Crippen molar-refractivity contribution < 1.29 is 24.2 Å². The lowest BCUT2D eigenvalue weighted by molar-refractivity contribution is -0.139. The molecule has 3 aromatic rings. The van der Waals surface area contributed by atoms with E-state index >= 15 is 0 Å². The van der Waals surface area contributed by atoms with Gasteiger partial charge in [-0.15, -0.1) is 0 Å². The minimum atomic E-state index is -0.691. The molecule has 2 aliphatic rings. The molecule has 5 rings (SSSR count). The Hall–Kier alpha value is -3.33. The molecule has 7 heteroatoms. The Bertz CT molecular complexity index is 1270. The van der Waals surface area contributed by atoms with E-state index in [1.807, 2.05) is 54.6 Å². The van der Waals surface area contributed by atoms with Crippen LogP contribution in [0.4, 0.5) is 0 Å². The largest absolute Gasteiger partial charge is 0.507 e. The molecular formula is C27H22INO5. The van der Waals surface area contributed by atoms with Crippen LogP contribution >= 0.6 is 22.6 Å². The lowest BCUT2D eigenvalue weighted by atomic mass is 9.95. The summed E-state index contributed by atoms with van der Waals surface area (Å²) in [5.74, 6) is -0.441. The van der Waals surface area contributed by atoms with Gasteiger partial charge in [-0.2, -0.15) is 0 Å². The number of fused-ring (bicyclic) bond motifs is 1. The van der Waals surface area contributed by atoms with Crippen molar-refractivity contribution in [3.05, 3.63) is 98.6 Å². The number of halogens is 1. The minimum Gasteiger partial charge on any atom is -0.507 e. The molecule has 1 saturated heterocycles. The number of aliphatic hydroxyl groups is 1. The summed E-state index contributed by atoms with van der Waals surface area (Å²) in [4.78, 5) is 27.9. The third-order valence-corrected chi connectivity index (χ3v) is 6.74. The number of carbonyl (C=O) groups excluding carboxylic acids is 2. The van der Waals surface area contributed by atoms with Crippen LogP contribution in [0.15, 0.2) is 78.4 Å². The van der Waals surface area contributed by atoms with Gasteiger partial charge in [0.15, 0.2) is 11.5 Å². The van der Waals surface area contributed by atoms with E-state index in [1.165, 1.54) is 0 Å².